The van der Waals surface area contributed by atoms with Gasteiger partial charge in [0.05, 0.1) is 3.57 Å². The van der Waals surface area contributed by atoms with Crippen molar-refractivity contribution < 1.29 is 23.9 Å². The molecule has 0 aliphatic rings. The lowest BCUT2D eigenvalue weighted by Gasteiger charge is -2.22. The zero-order chi connectivity index (χ0) is 18.5. The number of carbonyl (C=O) groups is 3. The molecule has 0 aliphatic heterocycles. The molecule has 0 radical (unpaired) electrons. The highest BCUT2D eigenvalue weighted by atomic mass is 127. The van der Waals surface area contributed by atoms with E-state index in [-0.39, 0.29) is 6.42 Å². The number of nitrogens with two attached hydrogens (primary N) is 1. The van der Waals surface area contributed by atoms with E-state index in [4.69, 9.17) is 15.2 Å². The van der Waals surface area contributed by atoms with Crippen molar-refractivity contribution >= 4 is 40.6 Å². The second-order valence-electron chi connectivity index (χ2n) is 6.16. The van der Waals surface area contributed by atoms with E-state index >= 15 is 0 Å². The Morgan fingerprint density at radius 3 is 2.38 bits per heavy atom. The summed E-state index contributed by atoms with van der Waals surface area (Å²) in [5, 5.41) is 2.46. The Morgan fingerprint density at radius 2 is 1.92 bits per heavy atom. The first-order valence-corrected chi connectivity index (χ1v) is 8.31. The Balaban J connectivity index is 2.82. The van der Waals surface area contributed by atoms with E-state index in [0.717, 1.165) is 5.56 Å². The zero-order valence-corrected chi connectivity index (χ0v) is 16.2. The summed E-state index contributed by atoms with van der Waals surface area (Å²) < 4.78 is 10.9. The molecular weight excluding hydrogens is 427 g/mol. The fourth-order valence-electron chi connectivity index (χ4n) is 1.82. The maximum atomic E-state index is 11.8. The van der Waals surface area contributed by atoms with Gasteiger partial charge in [-0.05, 0) is 61.1 Å². The van der Waals surface area contributed by atoms with E-state index in [2.05, 4.69) is 5.32 Å². The molecule has 0 aromatic heterocycles. The topological polar surface area (TPSA) is 108 Å². The second-order valence-corrected chi connectivity index (χ2v) is 7.33. The summed E-state index contributed by atoms with van der Waals surface area (Å²) in [5.41, 5.74) is 5.44. The third kappa shape index (κ3) is 7.16. The number of primary amides is 1. The quantitative estimate of drug-likeness (QED) is 0.408. The lowest BCUT2D eigenvalue weighted by Crippen LogP contribution is -2.47. The number of ether oxygens (including phenoxy) is 2. The molecule has 2 amide bonds. The van der Waals surface area contributed by atoms with Crippen LogP contribution in [0.3, 0.4) is 0 Å². The van der Waals surface area contributed by atoms with Gasteiger partial charge in [0, 0.05) is 13.3 Å². The number of alkyl carbamates (subject to hydrolysis) is 1. The van der Waals surface area contributed by atoms with Crippen LogP contribution in [0.5, 0.6) is 5.75 Å². The Morgan fingerprint density at radius 1 is 1.29 bits per heavy atom. The smallest absolute Gasteiger partial charge is 0.408 e. The van der Waals surface area contributed by atoms with Gasteiger partial charge in [0.25, 0.3) is 0 Å². The molecule has 0 saturated carbocycles. The van der Waals surface area contributed by atoms with Gasteiger partial charge in [0.1, 0.15) is 17.4 Å². The van der Waals surface area contributed by atoms with E-state index < -0.39 is 29.6 Å². The molecule has 8 heteroatoms. The van der Waals surface area contributed by atoms with Crippen LogP contribution >= 0.6 is 22.6 Å². The van der Waals surface area contributed by atoms with Crippen LogP contribution in [0.4, 0.5) is 4.79 Å². The minimum absolute atomic E-state index is 0.199. The second kappa shape index (κ2) is 8.32. The number of esters is 1. The third-order valence-electron chi connectivity index (χ3n) is 2.72. The SMILES string of the molecule is CC(=O)Oc1ccc(CC(NC(=O)OC(C)(C)C)C(N)=O)cc1I. The fraction of sp³-hybridized carbons (Fsp3) is 0.438. The average Bonchev–Trinajstić information content (AvgIpc) is 2.38. The van der Waals surface area contributed by atoms with Gasteiger partial charge in [-0.25, -0.2) is 4.79 Å². The van der Waals surface area contributed by atoms with Gasteiger partial charge >= 0.3 is 12.1 Å². The molecule has 1 unspecified atom stereocenters. The lowest BCUT2D eigenvalue weighted by atomic mass is 10.1. The predicted molar refractivity (Wildman–Crippen MR) is 96.5 cm³/mol. The molecular formula is C16H21IN2O5. The first-order valence-electron chi connectivity index (χ1n) is 7.23. The van der Waals surface area contributed by atoms with Crippen molar-refractivity contribution in [2.75, 3.05) is 0 Å². The highest BCUT2D eigenvalue weighted by Gasteiger charge is 2.23. The third-order valence-corrected chi connectivity index (χ3v) is 3.57. The average molecular weight is 448 g/mol. The molecule has 0 saturated heterocycles. The Labute approximate surface area is 154 Å². The largest absolute Gasteiger partial charge is 0.444 e. The van der Waals surface area contributed by atoms with Crippen molar-refractivity contribution in [3.63, 3.8) is 0 Å². The van der Waals surface area contributed by atoms with Crippen molar-refractivity contribution in [2.24, 2.45) is 5.73 Å². The molecule has 132 valence electrons. The van der Waals surface area contributed by atoms with Gasteiger partial charge in [-0.1, -0.05) is 6.07 Å². The lowest BCUT2D eigenvalue weighted by molar-refractivity contribution is -0.132. The minimum Gasteiger partial charge on any atom is -0.444 e. The number of hydrogen-bond donors (Lipinski definition) is 2. The van der Waals surface area contributed by atoms with Crippen molar-refractivity contribution in [2.45, 2.75) is 45.8 Å². The number of nitrogens with one attached hydrogen (secondary N) is 1. The number of benzene rings is 1. The van der Waals surface area contributed by atoms with Gasteiger partial charge < -0.3 is 20.5 Å². The number of rotatable bonds is 5. The monoisotopic (exact) mass is 448 g/mol. The van der Waals surface area contributed by atoms with Crippen molar-refractivity contribution in [3.05, 3.63) is 27.3 Å². The summed E-state index contributed by atoms with van der Waals surface area (Å²) >= 11 is 2.02. The normalized spacial score (nSPS) is 12.2. The summed E-state index contributed by atoms with van der Waals surface area (Å²) in [4.78, 5) is 34.4. The number of hydrogen-bond acceptors (Lipinski definition) is 5. The van der Waals surface area contributed by atoms with Crippen LogP contribution in [0, 0.1) is 3.57 Å². The molecule has 0 aliphatic carbocycles. The first-order chi connectivity index (χ1) is 11.0. The number of amides is 2. The molecule has 1 rings (SSSR count). The summed E-state index contributed by atoms with van der Waals surface area (Å²) in [5.74, 6) is -0.648. The number of carbonyl (C=O) groups excluding carboxylic acids is 3. The van der Waals surface area contributed by atoms with E-state index in [1.54, 1.807) is 39.0 Å². The van der Waals surface area contributed by atoms with Crippen LogP contribution in [0.2, 0.25) is 0 Å². The molecule has 7 nitrogen and oxygen atoms in total. The molecule has 1 atom stereocenters. The summed E-state index contributed by atoms with van der Waals surface area (Å²) in [6.45, 7) is 6.49. The maximum Gasteiger partial charge on any atom is 0.408 e. The predicted octanol–water partition coefficient (Wildman–Crippen LogP) is 2.14. The minimum atomic E-state index is -0.907. The Hall–Kier alpha value is -1.84. The van der Waals surface area contributed by atoms with Crippen LogP contribution in [0.15, 0.2) is 18.2 Å². The van der Waals surface area contributed by atoms with Gasteiger partial charge in [-0.15, -0.1) is 0 Å². The molecule has 3 N–H and O–H groups in total. The van der Waals surface area contributed by atoms with Gasteiger partial charge in [-0.2, -0.15) is 0 Å². The molecule has 0 spiro atoms. The Bertz CT molecular complexity index is 640. The molecule has 1 aromatic rings. The van der Waals surface area contributed by atoms with Crippen LogP contribution < -0.4 is 15.8 Å². The summed E-state index contributed by atoms with van der Waals surface area (Å²) in [6, 6.07) is 4.18. The molecule has 1 aromatic carbocycles. The van der Waals surface area contributed by atoms with Gasteiger partial charge in [0.15, 0.2) is 0 Å². The molecule has 0 bridgehead atoms. The van der Waals surface area contributed by atoms with E-state index in [0.29, 0.717) is 9.32 Å². The highest BCUT2D eigenvalue weighted by molar-refractivity contribution is 14.1. The standard InChI is InChI=1S/C16H21IN2O5/c1-9(20)23-13-6-5-10(7-11(13)17)8-12(14(18)21)19-15(22)24-16(2,3)4/h5-7,12H,8H2,1-4H3,(H2,18,21)(H,19,22). The van der Waals surface area contributed by atoms with Crippen LogP contribution in [0.25, 0.3) is 0 Å². The molecule has 0 fully saturated rings. The Kier molecular flexibility index (Phi) is 7.00. The van der Waals surface area contributed by atoms with E-state index in [1.807, 2.05) is 22.6 Å². The summed E-state index contributed by atoms with van der Waals surface area (Å²) in [7, 11) is 0. The van der Waals surface area contributed by atoms with Gasteiger partial charge in [0.2, 0.25) is 5.91 Å². The van der Waals surface area contributed by atoms with Crippen molar-refractivity contribution in [1.82, 2.24) is 5.32 Å². The van der Waals surface area contributed by atoms with Crippen LogP contribution in [-0.2, 0) is 20.7 Å². The fourth-order valence-corrected chi connectivity index (χ4v) is 2.51. The van der Waals surface area contributed by atoms with E-state index in [9.17, 15) is 14.4 Å². The number of halogens is 1. The molecule has 0 heterocycles. The van der Waals surface area contributed by atoms with Crippen LogP contribution in [0.1, 0.15) is 33.3 Å². The van der Waals surface area contributed by atoms with Gasteiger partial charge in [-0.3, -0.25) is 9.59 Å². The van der Waals surface area contributed by atoms with Crippen molar-refractivity contribution in [1.29, 1.82) is 0 Å². The zero-order valence-electron chi connectivity index (χ0n) is 14.0. The molecule has 24 heavy (non-hydrogen) atoms. The van der Waals surface area contributed by atoms with Crippen molar-refractivity contribution in [3.8, 4) is 5.75 Å². The maximum absolute atomic E-state index is 11.8. The summed E-state index contributed by atoms with van der Waals surface area (Å²) in [6.07, 6.45) is -0.511. The van der Waals surface area contributed by atoms with E-state index in [1.165, 1.54) is 6.92 Å². The highest BCUT2D eigenvalue weighted by Crippen LogP contribution is 2.23. The first kappa shape index (κ1) is 20.2. The van der Waals surface area contributed by atoms with Crippen LogP contribution in [-0.4, -0.2) is 29.6 Å².